The van der Waals surface area contributed by atoms with Crippen molar-refractivity contribution < 1.29 is 18.7 Å². The average Bonchev–Trinajstić information content (AvgIpc) is 3.54. The number of oxazole rings is 1. The number of halogens is 1. The number of ether oxygens (including phenoxy) is 1. The number of benzene rings is 1. The van der Waals surface area contributed by atoms with Crippen LogP contribution in [0.5, 0.6) is 5.75 Å². The van der Waals surface area contributed by atoms with E-state index in [1.165, 1.54) is 12.4 Å². The summed E-state index contributed by atoms with van der Waals surface area (Å²) in [7, 11) is 3.31. The summed E-state index contributed by atoms with van der Waals surface area (Å²) < 4.78 is 27.8. The van der Waals surface area contributed by atoms with Crippen molar-refractivity contribution in [3.05, 3.63) is 55.0 Å². The van der Waals surface area contributed by atoms with Gasteiger partial charge in [0.15, 0.2) is 23.5 Å². The van der Waals surface area contributed by atoms with Crippen LogP contribution in [0.2, 0.25) is 0 Å². The quantitative estimate of drug-likeness (QED) is 0.347. The Kier molecular flexibility index (Phi) is 7.18. The van der Waals surface area contributed by atoms with E-state index in [2.05, 4.69) is 38.6 Å². The number of alkyl halides is 1. The molecule has 1 aliphatic carbocycles. The van der Waals surface area contributed by atoms with Crippen molar-refractivity contribution in [1.29, 1.82) is 0 Å². The van der Waals surface area contributed by atoms with Crippen LogP contribution in [0.4, 0.5) is 4.39 Å². The highest BCUT2D eigenvalue weighted by atomic mass is 19.1. The van der Waals surface area contributed by atoms with Crippen LogP contribution < -0.4 is 10.1 Å². The molecule has 1 fully saturated rings. The molecule has 2 aromatic heterocycles. The minimum absolute atomic E-state index is 0.0593. The third kappa shape index (κ3) is 5.07. The summed E-state index contributed by atoms with van der Waals surface area (Å²) in [6.45, 7) is 8.17. The summed E-state index contributed by atoms with van der Waals surface area (Å²) in [5, 5.41) is 21.2. The monoisotopic (exact) mass is 468 g/mol. The Morgan fingerprint density at radius 3 is 2.94 bits per heavy atom. The molecular weight excluding hydrogens is 439 g/mol. The summed E-state index contributed by atoms with van der Waals surface area (Å²) in [4.78, 5) is 8.59. The number of fused-ring (bicyclic) bond motifs is 1. The number of allylic oxidation sites excluding steroid dienone is 1. The number of hydrogen-bond acceptors (Lipinski definition) is 8. The zero-order valence-corrected chi connectivity index (χ0v) is 19.4. The molecule has 3 atom stereocenters. The van der Waals surface area contributed by atoms with Crippen LogP contribution in [-0.4, -0.2) is 56.1 Å². The first-order chi connectivity index (χ1) is 16.4. The van der Waals surface area contributed by atoms with Gasteiger partial charge in [0, 0.05) is 26.1 Å². The van der Waals surface area contributed by atoms with Crippen molar-refractivity contribution in [3.8, 4) is 5.75 Å². The number of aromatic nitrogens is 4. The molecule has 1 saturated carbocycles. The van der Waals surface area contributed by atoms with E-state index >= 15 is 0 Å². The lowest BCUT2D eigenvalue weighted by Crippen LogP contribution is -2.35. The molecule has 4 rings (SSSR count). The fourth-order valence-electron chi connectivity index (χ4n) is 4.14. The fraction of sp³-hybridized carbons (Fsp3) is 0.417. The minimum Gasteiger partial charge on any atom is -0.493 e. The standard InChI is InChI=1S/C24H29FN6O3/c1-5-16(28-21(25)9-14(2)23-30-27-13-31(23)3)24-29-18-10-15(11-20(33-4)22(18)34-24)12-26-17-7-6-8-19(17)32/h5,10-11,13,17,19,21,26,32H,1-2,6-9,12H2,3-4H3/t17-,19+,21?/m1/s1. The van der Waals surface area contributed by atoms with E-state index in [9.17, 15) is 9.50 Å². The predicted molar refractivity (Wildman–Crippen MR) is 127 cm³/mol. The van der Waals surface area contributed by atoms with Crippen LogP contribution in [0, 0.1) is 0 Å². The topological polar surface area (TPSA) is 111 Å². The Hall–Kier alpha value is -3.37. The number of aliphatic hydroxyl groups is 1. The van der Waals surface area contributed by atoms with Gasteiger partial charge in [-0.2, -0.15) is 0 Å². The number of aliphatic hydroxyl groups excluding tert-OH is 1. The van der Waals surface area contributed by atoms with Gasteiger partial charge in [-0.25, -0.2) is 14.4 Å². The molecule has 0 aliphatic heterocycles. The van der Waals surface area contributed by atoms with Gasteiger partial charge < -0.3 is 24.1 Å². The number of hydrogen-bond donors (Lipinski definition) is 2. The first kappa shape index (κ1) is 23.8. The lowest BCUT2D eigenvalue weighted by molar-refractivity contribution is 0.148. The molecule has 0 spiro atoms. The number of aliphatic imine (C=N–C) groups is 1. The van der Waals surface area contributed by atoms with E-state index in [0.29, 0.717) is 34.8 Å². The largest absolute Gasteiger partial charge is 0.493 e. The number of methoxy groups -OCH3 is 1. The molecular formula is C24H29FN6O3. The van der Waals surface area contributed by atoms with Gasteiger partial charge in [0.2, 0.25) is 5.89 Å². The van der Waals surface area contributed by atoms with E-state index in [4.69, 9.17) is 9.15 Å². The van der Waals surface area contributed by atoms with Gasteiger partial charge in [-0.3, -0.25) is 0 Å². The summed E-state index contributed by atoms with van der Waals surface area (Å²) >= 11 is 0. The summed E-state index contributed by atoms with van der Waals surface area (Å²) in [6, 6.07) is 3.81. The molecule has 2 N–H and O–H groups in total. The summed E-state index contributed by atoms with van der Waals surface area (Å²) in [6.07, 6.45) is 3.73. The van der Waals surface area contributed by atoms with Crippen LogP contribution in [-0.2, 0) is 13.6 Å². The van der Waals surface area contributed by atoms with E-state index < -0.39 is 6.30 Å². The molecule has 180 valence electrons. The molecule has 10 heteroatoms. The number of rotatable bonds is 10. The van der Waals surface area contributed by atoms with Crippen molar-refractivity contribution in [1.82, 2.24) is 25.1 Å². The lowest BCUT2D eigenvalue weighted by Gasteiger charge is -2.16. The molecule has 0 saturated heterocycles. The molecule has 1 aliphatic rings. The second kappa shape index (κ2) is 10.3. The van der Waals surface area contributed by atoms with Crippen LogP contribution in [0.15, 0.2) is 47.1 Å². The zero-order chi connectivity index (χ0) is 24.2. The van der Waals surface area contributed by atoms with E-state index in [-0.39, 0.29) is 30.2 Å². The van der Waals surface area contributed by atoms with E-state index in [1.54, 1.807) is 18.7 Å². The van der Waals surface area contributed by atoms with Crippen LogP contribution >= 0.6 is 0 Å². The summed E-state index contributed by atoms with van der Waals surface area (Å²) in [5.74, 6) is 1.15. The summed E-state index contributed by atoms with van der Waals surface area (Å²) in [5.41, 5.74) is 2.60. The van der Waals surface area contributed by atoms with Crippen LogP contribution in [0.1, 0.15) is 43.0 Å². The second-order valence-electron chi connectivity index (χ2n) is 8.38. The van der Waals surface area contributed by atoms with Crippen molar-refractivity contribution in [2.45, 2.75) is 50.7 Å². The minimum atomic E-state index is -1.59. The third-order valence-electron chi connectivity index (χ3n) is 5.92. The van der Waals surface area contributed by atoms with Gasteiger partial charge in [-0.1, -0.05) is 13.2 Å². The lowest BCUT2D eigenvalue weighted by atomic mass is 10.1. The molecule has 3 aromatic rings. The normalized spacial score (nSPS) is 19.5. The Bertz CT molecular complexity index is 1220. The van der Waals surface area contributed by atoms with Crippen molar-refractivity contribution in [2.75, 3.05) is 7.11 Å². The number of nitrogens with zero attached hydrogens (tertiary/aromatic N) is 5. The highest BCUT2D eigenvalue weighted by Crippen LogP contribution is 2.29. The van der Waals surface area contributed by atoms with Gasteiger partial charge in [0.05, 0.1) is 13.2 Å². The smallest absolute Gasteiger partial charge is 0.246 e. The van der Waals surface area contributed by atoms with E-state index in [0.717, 1.165) is 24.8 Å². The van der Waals surface area contributed by atoms with Gasteiger partial charge in [0.25, 0.3) is 0 Å². The third-order valence-corrected chi connectivity index (χ3v) is 5.92. The maximum absolute atomic E-state index is 14.8. The average molecular weight is 469 g/mol. The SMILES string of the molecule is C=CC(=NC(F)CC(=C)c1nncn1C)c1nc2cc(CN[C@@H]3CCC[C@@H]3O)cc(OC)c2o1. The molecule has 1 aromatic carbocycles. The molecule has 9 nitrogen and oxygen atoms in total. The van der Waals surface area contributed by atoms with Crippen molar-refractivity contribution in [2.24, 2.45) is 12.0 Å². The fourth-order valence-corrected chi connectivity index (χ4v) is 4.14. The second-order valence-corrected chi connectivity index (χ2v) is 8.38. The predicted octanol–water partition coefficient (Wildman–Crippen LogP) is 3.34. The van der Waals surface area contributed by atoms with Gasteiger partial charge in [-0.15, -0.1) is 10.2 Å². The molecule has 2 heterocycles. The Morgan fingerprint density at radius 2 is 2.29 bits per heavy atom. The first-order valence-corrected chi connectivity index (χ1v) is 11.1. The Balaban J connectivity index is 1.54. The molecule has 34 heavy (non-hydrogen) atoms. The van der Waals surface area contributed by atoms with Gasteiger partial charge in [-0.05, 0) is 48.6 Å². The highest BCUT2D eigenvalue weighted by Gasteiger charge is 2.25. The van der Waals surface area contributed by atoms with Gasteiger partial charge >= 0.3 is 0 Å². The van der Waals surface area contributed by atoms with Crippen LogP contribution in [0.25, 0.3) is 16.7 Å². The van der Waals surface area contributed by atoms with E-state index in [1.807, 2.05) is 12.1 Å². The van der Waals surface area contributed by atoms with Crippen molar-refractivity contribution in [3.63, 3.8) is 0 Å². The molecule has 0 radical (unpaired) electrons. The van der Waals surface area contributed by atoms with Gasteiger partial charge in [0.1, 0.15) is 17.6 Å². The Morgan fingerprint density at radius 1 is 1.47 bits per heavy atom. The maximum Gasteiger partial charge on any atom is 0.246 e. The highest BCUT2D eigenvalue weighted by molar-refractivity contribution is 6.06. The number of nitrogens with one attached hydrogen (secondary N) is 1. The maximum atomic E-state index is 14.8. The zero-order valence-electron chi connectivity index (χ0n) is 19.4. The molecule has 0 amide bonds. The first-order valence-electron chi connectivity index (χ1n) is 11.1. The molecule has 1 unspecified atom stereocenters. The molecule has 0 bridgehead atoms. The van der Waals surface area contributed by atoms with Crippen LogP contribution in [0.3, 0.4) is 0 Å². The Labute approximate surface area is 197 Å². The number of aryl methyl sites for hydroxylation is 1. The van der Waals surface area contributed by atoms with Crippen molar-refractivity contribution >= 4 is 22.4 Å².